The second kappa shape index (κ2) is 6.36. The van der Waals surface area contributed by atoms with E-state index in [1.54, 1.807) is 0 Å². The second-order valence-electron chi connectivity index (χ2n) is 6.84. The number of thiazole rings is 1. The lowest BCUT2D eigenvalue weighted by Gasteiger charge is -2.02. The van der Waals surface area contributed by atoms with Crippen LogP contribution in [-0.2, 0) is 13.6 Å². The van der Waals surface area contributed by atoms with E-state index in [1.807, 2.05) is 11.3 Å². The summed E-state index contributed by atoms with van der Waals surface area (Å²) in [4.78, 5) is 0. The molecule has 0 fully saturated rings. The highest BCUT2D eigenvalue weighted by Crippen LogP contribution is 2.30. The largest absolute Gasteiger partial charge is 0.341 e. The van der Waals surface area contributed by atoms with Gasteiger partial charge in [-0.1, -0.05) is 47.7 Å². The molecule has 0 radical (unpaired) electrons. The predicted molar refractivity (Wildman–Crippen MR) is 117 cm³/mol. The standard InChI is InChI=1S/C24H21N2S/c1-3-26-20-9-5-4-8-18(20)19-16-17(12-14-21(19)26)13-15-24-25(2)22-10-6-7-11-23(22)27-24/h4-16H,3H2,1-2H3/q+1. The highest BCUT2D eigenvalue weighted by molar-refractivity contribution is 7.18. The van der Waals surface area contributed by atoms with Crippen LogP contribution in [0, 0.1) is 0 Å². The van der Waals surface area contributed by atoms with Crippen molar-refractivity contribution in [3.63, 3.8) is 0 Å². The number of benzene rings is 3. The fourth-order valence-corrected chi connectivity index (χ4v) is 5.00. The van der Waals surface area contributed by atoms with Gasteiger partial charge < -0.3 is 4.57 Å². The quantitative estimate of drug-likeness (QED) is 0.344. The minimum atomic E-state index is 0.983. The van der Waals surface area contributed by atoms with Crippen LogP contribution < -0.4 is 4.57 Å². The zero-order chi connectivity index (χ0) is 18.4. The summed E-state index contributed by atoms with van der Waals surface area (Å²) in [6.45, 7) is 3.19. The Hall–Kier alpha value is -2.91. The number of aromatic nitrogens is 2. The zero-order valence-electron chi connectivity index (χ0n) is 15.5. The number of nitrogens with zero attached hydrogens (tertiary/aromatic N) is 2. The molecule has 2 aromatic heterocycles. The summed E-state index contributed by atoms with van der Waals surface area (Å²) in [5.41, 5.74) is 5.14. The van der Waals surface area contributed by atoms with E-state index in [-0.39, 0.29) is 0 Å². The Morgan fingerprint density at radius 1 is 0.889 bits per heavy atom. The lowest BCUT2D eigenvalue weighted by Crippen LogP contribution is -2.28. The van der Waals surface area contributed by atoms with E-state index in [9.17, 15) is 0 Å². The highest BCUT2D eigenvalue weighted by Gasteiger charge is 2.13. The Bertz CT molecular complexity index is 1320. The Balaban J connectivity index is 1.62. The Labute approximate surface area is 162 Å². The highest BCUT2D eigenvalue weighted by atomic mass is 32.1. The van der Waals surface area contributed by atoms with Crippen molar-refractivity contribution in [2.75, 3.05) is 0 Å². The summed E-state index contributed by atoms with van der Waals surface area (Å²) in [5.74, 6) is 0. The summed E-state index contributed by atoms with van der Waals surface area (Å²) in [6.07, 6.45) is 4.45. The maximum absolute atomic E-state index is 2.39. The third-order valence-electron chi connectivity index (χ3n) is 5.30. The van der Waals surface area contributed by atoms with E-state index in [4.69, 9.17) is 0 Å². The second-order valence-corrected chi connectivity index (χ2v) is 7.90. The molecule has 0 atom stereocenters. The molecule has 0 spiro atoms. The van der Waals surface area contributed by atoms with Crippen molar-refractivity contribution in [1.29, 1.82) is 0 Å². The van der Waals surface area contributed by atoms with Crippen molar-refractivity contribution >= 4 is 55.5 Å². The Kier molecular flexibility index (Phi) is 3.83. The lowest BCUT2D eigenvalue weighted by molar-refractivity contribution is -0.642. The van der Waals surface area contributed by atoms with Gasteiger partial charge in [-0.15, -0.1) is 0 Å². The van der Waals surface area contributed by atoms with Crippen molar-refractivity contribution in [2.24, 2.45) is 7.05 Å². The molecule has 5 aromatic rings. The van der Waals surface area contributed by atoms with Crippen LogP contribution in [-0.4, -0.2) is 4.57 Å². The van der Waals surface area contributed by atoms with Crippen LogP contribution in [0.2, 0.25) is 0 Å². The van der Waals surface area contributed by atoms with E-state index < -0.39 is 0 Å². The fraction of sp³-hybridized carbons (Fsp3) is 0.125. The van der Waals surface area contributed by atoms with Crippen LogP contribution in [0.25, 0.3) is 44.2 Å². The zero-order valence-corrected chi connectivity index (χ0v) is 16.3. The molecule has 0 saturated heterocycles. The molecule has 132 valence electrons. The predicted octanol–water partition coefficient (Wildman–Crippen LogP) is 6.02. The molecule has 0 saturated carbocycles. The van der Waals surface area contributed by atoms with E-state index in [0.29, 0.717) is 0 Å². The third-order valence-corrected chi connectivity index (χ3v) is 6.49. The van der Waals surface area contributed by atoms with Crippen LogP contribution >= 0.6 is 11.3 Å². The molecule has 0 unspecified atom stereocenters. The molecule has 0 bridgehead atoms. The number of aryl methyl sites for hydroxylation is 2. The van der Waals surface area contributed by atoms with Gasteiger partial charge in [0.2, 0.25) is 5.52 Å². The van der Waals surface area contributed by atoms with Crippen molar-refractivity contribution in [3.05, 3.63) is 77.3 Å². The summed E-state index contributed by atoms with van der Waals surface area (Å²) in [6, 6.07) is 24.0. The Morgan fingerprint density at radius 3 is 2.52 bits per heavy atom. The number of hydrogen-bond acceptors (Lipinski definition) is 1. The maximum Gasteiger partial charge on any atom is 0.262 e. The van der Waals surface area contributed by atoms with Gasteiger partial charge in [0.15, 0.2) is 0 Å². The number of rotatable bonds is 3. The number of fused-ring (bicyclic) bond motifs is 4. The van der Waals surface area contributed by atoms with E-state index in [2.05, 4.69) is 102 Å². The minimum Gasteiger partial charge on any atom is -0.341 e. The molecule has 3 heteroatoms. The first-order valence-electron chi connectivity index (χ1n) is 9.33. The van der Waals surface area contributed by atoms with Crippen molar-refractivity contribution in [3.8, 4) is 0 Å². The van der Waals surface area contributed by atoms with Gasteiger partial charge in [0.25, 0.3) is 5.01 Å². The first kappa shape index (κ1) is 16.3. The van der Waals surface area contributed by atoms with Gasteiger partial charge in [-0.2, -0.15) is 4.57 Å². The van der Waals surface area contributed by atoms with Crippen LogP contribution in [0.5, 0.6) is 0 Å². The lowest BCUT2D eigenvalue weighted by atomic mass is 10.1. The van der Waals surface area contributed by atoms with Gasteiger partial charge in [0.1, 0.15) is 11.7 Å². The molecule has 0 aliphatic carbocycles. The van der Waals surface area contributed by atoms with Gasteiger partial charge in [-0.05, 0) is 42.8 Å². The van der Waals surface area contributed by atoms with Gasteiger partial charge in [-0.25, -0.2) is 0 Å². The van der Waals surface area contributed by atoms with E-state index >= 15 is 0 Å². The van der Waals surface area contributed by atoms with Crippen LogP contribution in [0.15, 0.2) is 66.7 Å². The van der Waals surface area contributed by atoms with Gasteiger partial charge in [-0.3, -0.25) is 0 Å². The maximum atomic E-state index is 2.39. The van der Waals surface area contributed by atoms with Crippen LogP contribution in [0.3, 0.4) is 0 Å². The number of hydrogen-bond donors (Lipinski definition) is 0. The molecule has 0 aliphatic heterocycles. The molecule has 0 aliphatic rings. The summed E-state index contributed by atoms with van der Waals surface area (Å²) < 4.78 is 5.98. The molecule has 2 heterocycles. The minimum absolute atomic E-state index is 0.983. The fourth-order valence-electron chi connectivity index (χ4n) is 3.95. The number of para-hydroxylation sites is 2. The third kappa shape index (κ3) is 2.58. The molecule has 0 amide bonds. The molecule has 27 heavy (non-hydrogen) atoms. The summed E-state index contributed by atoms with van der Waals surface area (Å²) >= 11 is 1.83. The van der Waals surface area contributed by atoms with Gasteiger partial charge in [0, 0.05) is 40.5 Å². The summed E-state index contributed by atoms with van der Waals surface area (Å²) in [5, 5.41) is 3.92. The molecule has 0 N–H and O–H groups in total. The van der Waals surface area contributed by atoms with Crippen molar-refractivity contribution in [2.45, 2.75) is 13.5 Å². The molecular weight excluding hydrogens is 348 g/mol. The average molecular weight is 370 g/mol. The van der Waals surface area contributed by atoms with Crippen LogP contribution in [0.4, 0.5) is 0 Å². The molecule has 2 nitrogen and oxygen atoms in total. The van der Waals surface area contributed by atoms with Gasteiger partial charge >= 0.3 is 0 Å². The monoisotopic (exact) mass is 369 g/mol. The summed E-state index contributed by atoms with van der Waals surface area (Å²) in [7, 11) is 2.14. The topological polar surface area (TPSA) is 8.81 Å². The first-order valence-corrected chi connectivity index (χ1v) is 10.1. The van der Waals surface area contributed by atoms with E-state index in [0.717, 1.165) is 6.54 Å². The molecule has 3 aromatic carbocycles. The van der Waals surface area contributed by atoms with Crippen LogP contribution in [0.1, 0.15) is 17.5 Å². The molecular formula is C24H21N2S+. The molecule has 5 rings (SSSR count). The van der Waals surface area contributed by atoms with E-state index in [1.165, 1.54) is 42.6 Å². The van der Waals surface area contributed by atoms with Crippen molar-refractivity contribution in [1.82, 2.24) is 4.57 Å². The normalized spacial score (nSPS) is 12.1. The Morgan fingerprint density at radius 2 is 1.67 bits per heavy atom. The smallest absolute Gasteiger partial charge is 0.262 e. The van der Waals surface area contributed by atoms with Gasteiger partial charge in [0.05, 0.1) is 0 Å². The van der Waals surface area contributed by atoms with Crippen molar-refractivity contribution < 1.29 is 4.57 Å². The first-order chi connectivity index (χ1) is 13.3. The SMILES string of the molecule is CCn1c2ccccc2c2cc(/C=C/c3sc4ccccc4[n+]3C)ccc21. The average Bonchev–Trinajstić information content (AvgIpc) is 3.21.